The fraction of sp³-hybridized carbons (Fsp3) is 0.400. The second-order valence-corrected chi connectivity index (χ2v) is 4.55. The van der Waals surface area contributed by atoms with E-state index < -0.39 is 23.9 Å². The van der Waals surface area contributed by atoms with Gasteiger partial charge in [0.2, 0.25) is 5.91 Å². The molecule has 22 heavy (non-hydrogen) atoms. The van der Waals surface area contributed by atoms with Crippen molar-refractivity contribution in [3.05, 3.63) is 35.6 Å². The van der Waals surface area contributed by atoms with Crippen LogP contribution in [-0.4, -0.2) is 38.1 Å². The van der Waals surface area contributed by atoms with E-state index >= 15 is 0 Å². The molecular formula is C15H18FNO5. The minimum atomic E-state index is -0.902. The number of nitrogens with one attached hydrogen (secondary N) is 1. The van der Waals surface area contributed by atoms with Gasteiger partial charge < -0.3 is 14.8 Å². The summed E-state index contributed by atoms with van der Waals surface area (Å²) in [4.78, 5) is 34.4. The van der Waals surface area contributed by atoms with E-state index in [-0.39, 0.29) is 25.1 Å². The SMILES string of the molecule is COC(=O)CCC(=O)N[C@@H](Cc1ccc(F)cc1)C(=O)OC. The van der Waals surface area contributed by atoms with Crippen LogP contribution in [0.3, 0.4) is 0 Å². The van der Waals surface area contributed by atoms with Crippen LogP contribution in [0.5, 0.6) is 0 Å². The van der Waals surface area contributed by atoms with Gasteiger partial charge in [-0.1, -0.05) is 12.1 Å². The number of carbonyl (C=O) groups excluding carboxylic acids is 3. The number of methoxy groups -OCH3 is 2. The summed E-state index contributed by atoms with van der Waals surface area (Å²) in [5, 5.41) is 2.50. The molecule has 0 fully saturated rings. The van der Waals surface area contributed by atoms with Crippen molar-refractivity contribution in [1.29, 1.82) is 0 Å². The van der Waals surface area contributed by atoms with Gasteiger partial charge >= 0.3 is 11.9 Å². The van der Waals surface area contributed by atoms with Gasteiger partial charge in [0.1, 0.15) is 11.9 Å². The van der Waals surface area contributed by atoms with Gasteiger partial charge in [0.15, 0.2) is 0 Å². The predicted octanol–water partition coefficient (Wildman–Crippen LogP) is 0.979. The van der Waals surface area contributed by atoms with Crippen molar-refractivity contribution in [2.75, 3.05) is 14.2 Å². The third-order valence-corrected chi connectivity index (χ3v) is 2.96. The molecule has 1 rings (SSSR count). The van der Waals surface area contributed by atoms with Crippen LogP contribution in [0.15, 0.2) is 24.3 Å². The molecule has 7 heteroatoms. The molecule has 0 aliphatic heterocycles. The van der Waals surface area contributed by atoms with Gasteiger partial charge in [-0.05, 0) is 17.7 Å². The first kappa shape index (κ1) is 17.6. The van der Waals surface area contributed by atoms with E-state index in [1.807, 2.05) is 0 Å². The highest BCUT2D eigenvalue weighted by atomic mass is 19.1. The maximum atomic E-state index is 12.9. The summed E-state index contributed by atoms with van der Waals surface area (Å²) in [5.74, 6) is -1.98. The van der Waals surface area contributed by atoms with Gasteiger partial charge in [-0.3, -0.25) is 9.59 Å². The summed E-state index contributed by atoms with van der Waals surface area (Å²) in [7, 11) is 2.44. The zero-order valence-corrected chi connectivity index (χ0v) is 12.4. The van der Waals surface area contributed by atoms with Gasteiger partial charge in [-0.25, -0.2) is 9.18 Å². The van der Waals surface area contributed by atoms with Crippen molar-refractivity contribution in [2.24, 2.45) is 0 Å². The molecule has 0 saturated heterocycles. The van der Waals surface area contributed by atoms with E-state index in [0.29, 0.717) is 5.56 Å². The zero-order valence-electron chi connectivity index (χ0n) is 12.4. The Bertz CT molecular complexity index is 529. The van der Waals surface area contributed by atoms with E-state index in [1.54, 1.807) is 0 Å². The Hall–Kier alpha value is -2.44. The fourth-order valence-electron chi connectivity index (χ4n) is 1.78. The zero-order chi connectivity index (χ0) is 16.5. The molecule has 0 spiro atoms. The number of ether oxygens (including phenoxy) is 2. The third-order valence-electron chi connectivity index (χ3n) is 2.96. The molecule has 0 saturated carbocycles. The second-order valence-electron chi connectivity index (χ2n) is 4.55. The number of carbonyl (C=O) groups is 3. The van der Waals surface area contributed by atoms with Crippen molar-refractivity contribution in [3.8, 4) is 0 Å². The van der Waals surface area contributed by atoms with Crippen LogP contribution in [0, 0.1) is 5.82 Å². The Morgan fingerprint density at radius 3 is 2.27 bits per heavy atom. The molecule has 0 aliphatic carbocycles. The van der Waals surface area contributed by atoms with Crippen LogP contribution >= 0.6 is 0 Å². The predicted molar refractivity (Wildman–Crippen MR) is 75.3 cm³/mol. The highest BCUT2D eigenvalue weighted by Gasteiger charge is 2.22. The normalized spacial score (nSPS) is 11.4. The average molecular weight is 311 g/mol. The number of amides is 1. The smallest absolute Gasteiger partial charge is 0.328 e. The van der Waals surface area contributed by atoms with Crippen molar-refractivity contribution in [3.63, 3.8) is 0 Å². The molecule has 1 aromatic carbocycles. The Morgan fingerprint density at radius 2 is 1.73 bits per heavy atom. The van der Waals surface area contributed by atoms with Crippen molar-refractivity contribution >= 4 is 17.8 Å². The highest BCUT2D eigenvalue weighted by molar-refractivity contribution is 5.86. The Morgan fingerprint density at radius 1 is 1.09 bits per heavy atom. The second kappa shape index (κ2) is 8.76. The number of esters is 2. The molecule has 1 N–H and O–H groups in total. The third kappa shape index (κ3) is 5.90. The maximum absolute atomic E-state index is 12.9. The lowest BCUT2D eigenvalue weighted by atomic mass is 10.1. The standard InChI is InChI=1S/C15H18FNO5/c1-21-14(19)8-7-13(18)17-12(15(20)22-2)9-10-3-5-11(16)6-4-10/h3-6,12H,7-9H2,1-2H3,(H,17,18)/t12-/m0/s1. The molecule has 6 nitrogen and oxygen atoms in total. The number of rotatable bonds is 7. The van der Waals surface area contributed by atoms with Crippen LogP contribution in [0.25, 0.3) is 0 Å². The molecular weight excluding hydrogens is 293 g/mol. The number of hydrogen-bond acceptors (Lipinski definition) is 5. The topological polar surface area (TPSA) is 81.7 Å². The molecule has 0 bridgehead atoms. The van der Waals surface area contributed by atoms with Crippen LogP contribution in [-0.2, 0) is 30.3 Å². The molecule has 120 valence electrons. The first-order valence-electron chi connectivity index (χ1n) is 6.64. The van der Waals surface area contributed by atoms with Crippen LogP contribution in [0.1, 0.15) is 18.4 Å². The first-order chi connectivity index (χ1) is 10.5. The highest BCUT2D eigenvalue weighted by Crippen LogP contribution is 2.07. The molecule has 0 heterocycles. The summed E-state index contributed by atoms with van der Waals surface area (Å²) < 4.78 is 21.9. The molecule has 0 aromatic heterocycles. The maximum Gasteiger partial charge on any atom is 0.328 e. The van der Waals surface area contributed by atoms with Crippen molar-refractivity contribution in [1.82, 2.24) is 5.32 Å². The van der Waals surface area contributed by atoms with Gasteiger partial charge in [-0.2, -0.15) is 0 Å². The number of hydrogen-bond donors (Lipinski definition) is 1. The van der Waals surface area contributed by atoms with E-state index in [0.717, 1.165) is 0 Å². The quantitative estimate of drug-likeness (QED) is 0.759. The van der Waals surface area contributed by atoms with Crippen molar-refractivity contribution in [2.45, 2.75) is 25.3 Å². The van der Waals surface area contributed by atoms with Gasteiger partial charge in [0.05, 0.1) is 20.6 Å². The minimum absolute atomic E-state index is 0.0766. The van der Waals surface area contributed by atoms with Crippen molar-refractivity contribution < 1.29 is 28.2 Å². The Kier molecular flexibility index (Phi) is 7.01. The van der Waals surface area contributed by atoms with Crippen LogP contribution in [0.2, 0.25) is 0 Å². The monoisotopic (exact) mass is 311 g/mol. The van der Waals surface area contributed by atoms with Gasteiger partial charge in [-0.15, -0.1) is 0 Å². The minimum Gasteiger partial charge on any atom is -0.469 e. The lowest BCUT2D eigenvalue weighted by Gasteiger charge is -2.16. The summed E-state index contributed by atoms with van der Waals surface area (Å²) in [6.45, 7) is 0. The number of halogens is 1. The summed E-state index contributed by atoms with van der Waals surface area (Å²) >= 11 is 0. The lowest BCUT2D eigenvalue weighted by molar-refractivity contribution is -0.145. The Labute approximate surface area is 127 Å². The van der Waals surface area contributed by atoms with Crippen LogP contribution < -0.4 is 5.32 Å². The van der Waals surface area contributed by atoms with E-state index in [9.17, 15) is 18.8 Å². The molecule has 0 aliphatic rings. The number of benzene rings is 1. The van der Waals surface area contributed by atoms with Gasteiger partial charge in [0, 0.05) is 12.8 Å². The molecule has 1 atom stereocenters. The van der Waals surface area contributed by atoms with E-state index in [1.165, 1.54) is 38.5 Å². The summed E-state index contributed by atoms with van der Waals surface area (Å²) in [5.41, 5.74) is 0.671. The van der Waals surface area contributed by atoms with Crippen LogP contribution in [0.4, 0.5) is 4.39 Å². The molecule has 1 aromatic rings. The summed E-state index contributed by atoms with van der Waals surface area (Å²) in [6, 6.07) is 4.67. The van der Waals surface area contributed by atoms with Gasteiger partial charge in [0.25, 0.3) is 0 Å². The average Bonchev–Trinajstić information content (AvgIpc) is 2.53. The lowest BCUT2D eigenvalue weighted by Crippen LogP contribution is -2.43. The molecule has 1 amide bonds. The van der Waals surface area contributed by atoms with E-state index in [4.69, 9.17) is 0 Å². The molecule has 0 unspecified atom stereocenters. The Balaban J connectivity index is 2.64. The molecule has 0 radical (unpaired) electrons. The summed E-state index contributed by atoms with van der Waals surface area (Å²) in [6.07, 6.45) is -0.00667. The van der Waals surface area contributed by atoms with E-state index in [2.05, 4.69) is 14.8 Å². The largest absolute Gasteiger partial charge is 0.469 e. The first-order valence-corrected chi connectivity index (χ1v) is 6.64. The fourth-order valence-corrected chi connectivity index (χ4v) is 1.78.